The van der Waals surface area contributed by atoms with Crippen LogP contribution in [-0.4, -0.2) is 104 Å². The quantitative estimate of drug-likeness (QED) is 0.282. The van der Waals surface area contributed by atoms with Crippen molar-refractivity contribution in [1.82, 2.24) is 0 Å². The van der Waals surface area contributed by atoms with Crippen molar-refractivity contribution in [3.05, 3.63) is 0 Å². The summed E-state index contributed by atoms with van der Waals surface area (Å²) in [6.45, 7) is 8.54. The third-order valence-corrected chi connectivity index (χ3v) is 5.94. The smallest absolute Gasteiger partial charge is 0.303 e. The van der Waals surface area contributed by atoms with Crippen LogP contribution >= 0.6 is 0 Å². The molecule has 3 aliphatic rings. The molecule has 0 radical (unpaired) electrons. The van der Waals surface area contributed by atoms with Crippen molar-refractivity contribution in [1.29, 1.82) is 0 Å². The third kappa shape index (κ3) is 7.85. The molecule has 0 bridgehead atoms. The van der Waals surface area contributed by atoms with Gasteiger partial charge in [-0.05, 0) is 13.8 Å². The average molecular weight is 563 g/mol. The standard InChI is InChI=1S/C24H34O15/c1-9-17(32-11(3)26)19(22-23(31-9)37-15(7)36-22)39-24-21(35-14(6)29)20(34-13(5)28)18(33-12(4)27)16(38-24)8-30-10(2)25/h9,15-24H,8H2,1-7H3/t9-,15?,16+,17-,18+,19+,20-,21+,22+,23+,24-/m0/s1. The summed E-state index contributed by atoms with van der Waals surface area (Å²) in [7, 11) is 0. The highest BCUT2D eigenvalue weighted by molar-refractivity contribution is 5.69. The Hall–Kier alpha value is -2.85. The van der Waals surface area contributed by atoms with E-state index >= 15 is 0 Å². The molecule has 1 unspecified atom stereocenters. The topological polar surface area (TPSA) is 178 Å². The monoisotopic (exact) mass is 562 g/mol. The van der Waals surface area contributed by atoms with E-state index in [-0.39, 0.29) is 0 Å². The Morgan fingerprint density at radius 1 is 0.590 bits per heavy atom. The van der Waals surface area contributed by atoms with E-state index in [0.717, 1.165) is 27.7 Å². The van der Waals surface area contributed by atoms with Gasteiger partial charge in [0.05, 0.1) is 6.10 Å². The molecule has 220 valence electrons. The predicted octanol–water partition coefficient (Wildman–Crippen LogP) is -0.107. The average Bonchev–Trinajstić information content (AvgIpc) is 3.17. The lowest BCUT2D eigenvalue weighted by molar-refractivity contribution is -0.344. The Labute approximate surface area is 224 Å². The first-order valence-electron chi connectivity index (χ1n) is 12.4. The van der Waals surface area contributed by atoms with Gasteiger partial charge in [-0.15, -0.1) is 0 Å². The van der Waals surface area contributed by atoms with Gasteiger partial charge in [0.2, 0.25) is 0 Å². The highest BCUT2D eigenvalue weighted by Crippen LogP contribution is 2.37. The predicted molar refractivity (Wildman–Crippen MR) is 122 cm³/mol. The van der Waals surface area contributed by atoms with E-state index in [0.29, 0.717) is 0 Å². The zero-order valence-electron chi connectivity index (χ0n) is 22.7. The zero-order valence-corrected chi connectivity index (χ0v) is 22.7. The van der Waals surface area contributed by atoms with E-state index in [2.05, 4.69) is 0 Å². The van der Waals surface area contributed by atoms with Crippen molar-refractivity contribution in [3.8, 4) is 0 Å². The van der Waals surface area contributed by atoms with Gasteiger partial charge >= 0.3 is 29.8 Å². The fourth-order valence-corrected chi connectivity index (χ4v) is 4.63. The van der Waals surface area contributed by atoms with Crippen LogP contribution in [-0.2, 0) is 71.3 Å². The molecule has 0 spiro atoms. The van der Waals surface area contributed by atoms with Crippen molar-refractivity contribution in [2.45, 2.75) is 116 Å². The summed E-state index contributed by atoms with van der Waals surface area (Å²) in [4.78, 5) is 59.6. The summed E-state index contributed by atoms with van der Waals surface area (Å²) in [5, 5.41) is 0. The number of ether oxygens (including phenoxy) is 10. The molecule has 3 saturated heterocycles. The number of esters is 5. The Morgan fingerprint density at radius 3 is 1.69 bits per heavy atom. The van der Waals surface area contributed by atoms with E-state index in [1.54, 1.807) is 13.8 Å². The molecular formula is C24H34O15. The summed E-state index contributed by atoms with van der Waals surface area (Å²) in [5.74, 6) is -3.64. The molecule has 3 rings (SSSR count). The highest BCUT2D eigenvalue weighted by atomic mass is 16.8. The molecule has 3 fully saturated rings. The van der Waals surface area contributed by atoms with Gasteiger partial charge in [-0.1, -0.05) is 0 Å². The number of rotatable bonds is 8. The summed E-state index contributed by atoms with van der Waals surface area (Å²) in [6, 6.07) is 0. The molecule has 0 aromatic heterocycles. The van der Waals surface area contributed by atoms with Gasteiger partial charge in [-0.25, -0.2) is 0 Å². The number of hydrogen-bond acceptors (Lipinski definition) is 15. The summed E-state index contributed by atoms with van der Waals surface area (Å²) >= 11 is 0. The van der Waals surface area contributed by atoms with Crippen LogP contribution in [0.15, 0.2) is 0 Å². The van der Waals surface area contributed by atoms with Gasteiger partial charge in [0.1, 0.15) is 24.9 Å². The van der Waals surface area contributed by atoms with Crippen LogP contribution in [0, 0.1) is 0 Å². The van der Waals surface area contributed by atoms with Crippen molar-refractivity contribution < 1.29 is 71.3 Å². The highest BCUT2D eigenvalue weighted by Gasteiger charge is 2.58. The Balaban J connectivity index is 2.02. The summed E-state index contributed by atoms with van der Waals surface area (Å²) in [5.41, 5.74) is 0. The number of hydrogen-bond donors (Lipinski definition) is 0. The molecule has 0 amide bonds. The zero-order chi connectivity index (χ0) is 29.0. The van der Waals surface area contributed by atoms with Crippen LogP contribution < -0.4 is 0 Å². The normalized spacial score (nSPS) is 37.7. The molecular weight excluding hydrogens is 528 g/mol. The molecule has 39 heavy (non-hydrogen) atoms. The van der Waals surface area contributed by atoms with E-state index < -0.39 is 104 Å². The van der Waals surface area contributed by atoms with Crippen LogP contribution in [0.2, 0.25) is 0 Å². The SMILES string of the molecule is CC(=O)OC[C@H]1O[C@@H](O[C@@H]2[C@@H](OC(C)=O)[C@H](C)O[C@@H]3OC(C)O[C@@H]32)[C@H](OC(C)=O)[C@@H](OC(C)=O)[C@@H]1OC(C)=O. The van der Waals surface area contributed by atoms with Crippen molar-refractivity contribution in [3.63, 3.8) is 0 Å². The molecule has 0 N–H and O–H groups in total. The van der Waals surface area contributed by atoms with Gasteiger partial charge in [0.25, 0.3) is 0 Å². The second-order valence-corrected chi connectivity index (χ2v) is 9.26. The molecule has 3 aliphatic heterocycles. The number of fused-ring (bicyclic) bond motifs is 1. The van der Waals surface area contributed by atoms with Gasteiger partial charge in [0, 0.05) is 34.6 Å². The molecule has 0 aliphatic carbocycles. The maximum atomic E-state index is 12.1. The van der Waals surface area contributed by atoms with Crippen LogP contribution in [0.3, 0.4) is 0 Å². The minimum atomic E-state index is -1.51. The van der Waals surface area contributed by atoms with E-state index in [9.17, 15) is 24.0 Å². The first kappa shape index (κ1) is 30.7. The van der Waals surface area contributed by atoms with Crippen LogP contribution in [0.1, 0.15) is 48.5 Å². The Bertz CT molecular complexity index is 936. The van der Waals surface area contributed by atoms with Gasteiger partial charge in [-0.2, -0.15) is 0 Å². The first-order valence-corrected chi connectivity index (χ1v) is 12.4. The molecule has 0 aromatic carbocycles. The second kappa shape index (κ2) is 13.0. The van der Waals surface area contributed by atoms with Crippen molar-refractivity contribution in [2.24, 2.45) is 0 Å². The number of carbonyl (C=O) groups is 5. The molecule has 15 heteroatoms. The van der Waals surface area contributed by atoms with E-state index in [1.807, 2.05) is 0 Å². The van der Waals surface area contributed by atoms with Crippen molar-refractivity contribution >= 4 is 29.8 Å². The summed E-state index contributed by atoms with van der Waals surface area (Å²) in [6.07, 6.45) is -12.3. The second-order valence-electron chi connectivity index (χ2n) is 9.26. The molecule has 3 heterocycles. The Morgan fingerprint density at radius 2 is 1.13 bits per heavy atom. The van der Waals surface area contributed by atoms with E-state index in [4.69, 9.17) is 47.4 Å². The third-order valence-electron chi connectivity index (χ3n) is 5.94. The molecule has 0 saturated carbocycles. The fraction of sp³-hybridized carbons (Fsp3) is 0.792. The first-order chi connectivity index (χ1) is 18.3. The molecule has 11 atom stereocenters. The largest absolute Gasteiger partial charge is 0.463 e. The van der Waals surface area contributed by atoms with Gasteiger partial charge in [-0.3, -0.25) is 24.0 Å². The maximum absolute atomic E-state index is 12.1. The van der Waals surface area contributed by atoms with Gasteiger partial charge in [0.15, 0.2) is 43.3 Å². The lowest BCUT2D eigenvalue weighted by Crippen LogP contribution is -2.66. The van der Waals surface area contributed by atoms with Gasteiger partial charge < -0.3 is 47.4 Å². The Kier molecular flexibility index (Phi) is 10.2. The van der Waals surface area contributed by atoms with Crippen LogP contribution in [0.25, 0.3) is 0 Å². The lowest BCUT2D eigenvalue weighted by Gasteiger charge is -2.47. The molecule has 0 aromatic rings. The lowest BCUT2D eigenvalue weighted by atomic mass is 9.96. The number of carbonyl (C=O) groups excluding carboxylic acids is 5. The fourth-order valence-electron chi connectivity index (χ4n) is 4.63. The van der Waals surface area contributed by atoms with Crippen molar-refractivity contribution in [2.75, 3.05) is 6.61 Å². The van der Waals surface area contributed by atoms with E-state index in [1.165, 1.54) is 6.92 Å². The van der Waals surface area contributed by atoms with Crippen LogP contribution in [0.4, 0.5) is 0 Å². The summed E-state index contributed by atoms with van der Waals surface area (Å²) < 4.78 is 56.3. The van der Waals surface area contributed by atoms with Crippen LogP contribution in [0.5, 0.6) is 0 Å². The minimum Gasteiger partial charge on any atom is -0.463 e. The maximum Gasteiger partial charge on any atom is 0.303 e. The molecule has 15 nitrogen and oxygen atoms in total. The minimum absolute atomic E-state index is 0.433.